The van der Waals surface area contributed by atoms with E-state index in [1.807, 2.05) is 24.3 Å². The van der Waals surface area contributed by atoms with Crippen LogP contribution in [0.15, 0.2) is 46.9 Å². The summed E-state index contributed by atoms with van der Waals surface area (Å²) in [4.78, 5) is 0. The molecule has 2 aromatic rings. The molecule has 2 nitrogen and oxygen atoms in total. The van der Waals surface area contributed by atoms with Crippen LogP contribution in [0.25, 0.3) is 0 Å². The summed E-state index contributed by atoms with van der Waals surface area (Å²) in [5.41, 5.74) is 1.63. The van der Waals surface area contributed by atoms with Crippen LogP contribution in [-0.2, 0) is 12.8 Å². The van der Waals surface area contributed by atoms with Crippen molar-refractivity contribution in [3.63, 3.8) is 0 Å². The second-order valence-corrected chi connectivity index (χ2v) is 6.31. The first-order valence-electron chi connectivity index (χ1n) is 6.67. The molecule has 4 heteroatoms. The Kier molecular flexibility index (Phi) is 3.56. The molecule has 0 heterocycles. The van der Waals surface area contributed by atoms with Crippen molar-refractivity contribution in [1.29, 1.82) is 5.26 Å². The largest absolute Gasteiger partial charge is 0.387 e. The summed E-state index contributed by atoms with van der Waals surface area (Å²) < 4.78 is 14.1. The Morgan fingerprint density at radius 3 is 2.38 bits per heavy atom. The molecule has 1 N–H and O–H groups in total. The third-order valence-corrected chi connectivity index (χ3v) is 4.85. The molecule has 0 spiro atoms. The maximum atomic E-state index is 13.5. The number of rotatable bonds is 2. The average Bonchev–Trinajstić information content (AvgIpc) is 2.89. The molecule has 21 heavy (non-hydrogen) atoms. The lowest BCUT2D eigenvalue weighted by molar-refractivity contribution is 0.0684. The minimum absolute atomic E-state index is 0.421. The second kappa shape index (κ2) is 5.25. The molecule has 1 unspecified atom stereocenters. The van der Waals surface area contributed by atoms with Gasteiger partial charge in [0.1, 0.15) is 5.82 Å². The molecule has 0 aromatic heterocycles. The number of fused-ring (bicyclic) bond motifs is 1. The minimum atomic E-state index is -1.04. The molecule has 0 amide bonds. The van der Waals surface area contributed by atoms with Gasteiger partial charge in [-0.3, -0.25) is 0 Å². The Balaban J connectivity index is 2.02. The van der Waals surface area contributed by atoms with Crippen molar-refractivity contribution in [2.24, 2.45) is 5.41 Å². The maximum absolute atomic E-state index is 13.5. The summed E-state index contributed by atoms with van der Waals surface area (Å²) in [7, 11) is 0. The monoisotopic (exact) mass is 345 g/mol. The Morgan fingerprint density at radius 1 is 1.19 bits per heavy atom. The number of hydrogen-bond donors (Lipinski definition) is 1. The van der Waals surface area contributed by atoms with E-state index in [1.54, 1.807) is 6.07 Å². The highest BCUT2D eigenvalue weighted by Crippen LogP contribution is 2.46. The molecule has 2 aromatic carbocycles. The van der Waals surface area contributed by atoms with Crippen molar-refractivity contribution in [2.45, 2.75) is 18.9 Å². The van der Waals surface area contributed by atoms with Gasteiger partial charge in [0.05, 0.1) is 17.6 Å². The summed E-state index contributed by atoms with van der Waals surface area (Å²) in [6, 6.07) is 14.2. The van der Waals surface area contributed by atoms with Crippen LogP contribution in [0.4, 0.5) is 4.39 Å². The number of aliphatic hydroxyl groups is 1. The van der Waals surface area contributed by atoms with E-state index >= 15 is 0 Å². The predicted molar refractivity (Wildman–Crippen MR) is 81.0 cm³/mol. The molecule has 3 rings (SSSR count). The highest BCUT2D eigenvalue weighted by molar-refractivity contribution is 9.10. The summed E-state index contributed by atoms with van der Waals surface area (Å²) in [5.74, 6) is -0.421. The fourth-order valence-electron chi connectivity index (χ4n) is 3.00. The predicted octanol–water partition coefficient (Wildman–Crippen LogP) is 3.93. The summed E-state index contributed by atoms with van der Waals surface area (Å²) in [5, 5.41) is 20.4. The fourth-order valence-corrected chi connectivity index (χ4v) is 3.46. The second-order valence-electron chi connectivity index (χ2n) is 5.46. The Bertz CT molecular complexity index is 713. The maximum Gasteiger partial charge on any atom is 0.123 e. The van der Waals surface area contributed by atoms with Crippen LogP contribution in [-0.4, -0.2) is 5.11 Å². The van der Waals surface area contributed by atoms with Gasteiger partial charge >= 0.3 is 0 Å². The first kappa shape index (κ1) is 14.2. The Labute approximate surface area is 131 Å². The van der Waals surface area contributed by atoms with Crippen molar-refractivity contribution in [3.8, 4) is 6.07 Å². The lowest BCUT2D eigenvalue weighted by atomic mass is 9.77. The molecule has 0 saturated carbocycles. The third kappa shape index (κ3) is 2.37. The van der Waals surface area contributed by atoms with Gasteiger partial charge in [0, 0.05) is 4.47 Å². The van der Waals surface area contributed by atoms with Crippen LogP contribution < -0.4 is 0 Å². The van der Waals surface area contributed by atoms with E-state index in [1.165, 1.54) is 12.1 Å². The first-order chi connectivity index (χ1) is 10.1. The Morgan fingerprint density at radius 2 is 1.81 bits per heavy atom. The quantitative estimate of drug-likeness (QED) is 0.896. The van der Waals surface area contributed by atoms with Gasteiger partial charge in [0.15, 0.2) is 0 Å². The topological polar surface area (TPSA) is 44.0 Å². The van der Waals surface area contributed by atoms with Gasteiger partial charge in [-0.05, 0) is 47.7 Å². The van der Waals surface area contributed by atoms with E-state index in [0.29, 0.717) is 22.9 Å². The zero-order chi connectivity index (χ0) is 15.0. The minimum Gasteiger partial charge on any atom is -0.387 e. The van der Waals surface area contributed by atoms with Crippen LogP contribution in [0.2, 0.25) is 0 Å². The molecule has 0 saturated heterocycles. The lowest BCUT2D eigenvalue weighted by Gasteiger charge is -2.28. The zero-order valence-corrected chi connectivity index (χ0v) is 12.8. The van der Waals surface area contributed by atoms with Gasteiger partial charge in [-0.1, -0.05) is 40.2 Å². The van der Waals surface area contributed by atoms with E-state index < -0.39 is 17.3 Å². The molecular weight excluding hydrogens is 333 g/mol. The van der Waals surface area contributed by atoms with Crippen LogP contribution in [0.3, 0.4) is 0 Å². The van der Waals surface area contributed by atoms with Crippen molar-refractivity contribution in [2.75, 3.05) is 0 Å². The summed E-state index contributed by atoms with van der Waals surface area (Å²) in [6.07, 6.45) is -0.0897. The lowest BCUT2D eigenvalue weighted by Crippen LogP contribution is -2.28. The van der Waals surface area contributed by atoms with E-state index in [2.05, 4.69) is 22.0 Å². The van der Waals surface area contributed by atoms with E-state index in [0.717, 1.165) is 11.1 Å². The molecule has 0 bridgehead atoms. The highest BCUT2D eigenvalue weighted by Gasteiger charge is 2.45. The number of nitriles is 1. The standard InChI is InChI=1S/C17H13BrFNO/c18-15-6-5-13(19)7-14(15)16(21)17(10-20)8-11-3-1-2-4-12(11)9-17/h1-7,16,21H,8-9H2. The Hall–Kier alpha value is -1.70. The molecular formula is C17H13BrFNO. The van der Waals surface area contributed by atoms with Crippen LogP contribution >= 0.6 is 15.9 Å². The fraction of sp³-hybridized carbons (Fsp3) is 0.235. The number of nitrogens with zero attached hydrogens (tertiary/aromatic N) is 1. The number of benzene rings is 2. The van der Waals surface area contributed by atoms with Crippen LogP contribution in [0.1, 0.15) is 22.8 Å². The number of hydrogen-bond acceptors (Lipinski definition) is 2. The van der Waals surface area contributed by atoms with Crippen molar-refractivity contribution in [1.82, 2.24) is 0 Å². The molecule has 0 aliphatic heterocycles. The SMILES string of the molecule is N#CC1(C(O)c2cc(F)ccc2Br)Cc2ccccc2C1. The van der Waals surface area contributed by atoms with Crippen LogP contribution in [0.5, 0.6) is 0 Å². The normalized spacial score (nSPS) is 17.0. The smallest absolute Gasteiger partial charge is 0.123 e. The molecule has 1 aliphatic rings. The zero-order valence-electron chi connectivity index (χ0n) is 11.2. The van der Waals surface area contributed by atoms with Gasteiger partial charge in [0.2, 0.25) is 0 Å². The van der Waals surface area contributed by atoms with Crippen molar-refractivity contribution >= 4 is 15.9 Å². The van der Waals surface area contributed by atoms with Gasteiger partial charge in [0.25, 0.3) is 0 Å². The summed E-state index contributed by atoms with van der Waals surface area (Å²) >= 11 is 3.33. The van der Waals surface area contributed by atoms with E-state index in [-0.39, 0.29) is 0 Å². The molecule has 0 fully saturated rings. The number of halogens is 2. The van der Waals surface area contributed by atoms with Gasteiger partial charge in [-0.15, -0.1) is 0 Å². The molecule has 106 valence electrons. The summed E-state index contributed by atoms with van der Waals surface area (Å²) in [6.45, 7) is 0. The van der Waals surface area contributed by atoms with Gasteiger partial charge in [-0.25, -0.2) is 4.39 Å². The molecule has 1 aliphatic carbocycles. The highest BCUT2D eigenvalue weighted by atomic mass is 79.9. The third-order valence-electron chi connectivity index (χ3n) is 4.13. The number of aliphatic hydroxyl groups excluding tert-OH is 1. The van der Waals surface area contributed by atoms with Crippen LogP contribution in [0, 0.1) is 22.6 Å². The first-order valence-corrected chi connectivity index (χ1v) is 7.46. The van der Waals surface area contributed by atoms with Gasteiger partial charge in [-0.2, -0.15) is 5.26 Å². The average molecular weight is 346 g/mol. The van der Waals surface area contributed by atoms with E-state index in [4.69, 9.17) is 0 Å². The van der Waals surface area contributed by atoms with Gasteiger partial charge < -0.3 is 5.11 Å². The molecule has 0 radical (unpaired) electrons. The molecule has 1 atom stereocenters. The van der Waals surface area contributed by atoms with Crippen molar-refractivity contribution < 1.29 is 9.50 Å². The van der Waals surface area contributed by atoms with Crippen molar-refractivity contribution in [3.05, 3.63) is 69.4 Å². The van der Waals surface area contributed by atoms with E-state index in [9.17, 15) is 14.8 Å².